The van der Waals surface area contributed by atoms with Gasteiger partial charge in [-0.3, -0.25) is 0 Å². The van der Waals surface area contributed by atoms with Gasteiger partial charge in [0, 0.05) is 13.0 Å². The van der Waals surface area contributed by atoms with Crippen molar-refractivity contribution in [1.82, 2.24) is 4.98 Å². The number of hydrogen-bond donors (Lipinski definition) is 1. The average Bonchev–Trinajstić information content (AvgIpc) is 2.95. The standard InChI is InChI=1S/C13H13NO3S/c1-8-13(18-12(14-8)4-5-15)9-2-3-10-11(6-9)17-7-16-10/h2-3,6,15H,4-5,7H2,1H3. The Morgan fingerprint density at radius 3 is 3.00 bits per heavy atom. The first-order valence-corrected chi connectivity index (χ1v) is 6.57. The highest BCUT2D eigenvalue weighted by Crippen LogP contribution is 2.38. The summed E-state index contributed by atoms with van der Waals surface area (Å²) in [6, 6.07) is 5.91. The second-order valence-electron chi connectivity index (χ2n) is 4.06. The molecule has 1 aliphatic heterocycles. The lowest BCUT2D eigenvalue weighted by Crippen LogP contribution is -1.92. The van der Waals surface area contributed by atoms with E-state index in [2.05, 4.69) is 4.98 Å². The van der Waals surface area contributed by atoms with Crippen molar-refractivity contribution in [1.29, 1.82) is 0 Å². The van der Waals surface area contributed by atoms with Crippen LogP contribution >= 0.6 is 11.3 Å². The molecule has 2 heterocycles. The molecule has 0 unspecified atom stereocenters. The average molecular weight is 263 g/mol. The van der Waals surface area contributed by atoms with E-state index in [-0.39, 0.29) is 13.4 Å². The molecule has 0 radical (unpaired) electrons. The summed E-state index contributed by atoms with van der Waals surface area (Å²) in [5.41, 5.74) is 2.07. The van der Waals surface area contributed by atoms with Gasteiger partial charge in [-0.05, 0) is 30.7 Å². The lowest BCUT2D eigenvalue weighted by atomic mass is 10.1. The monoisotopic (exact) mass is 263 g/mol. The van der Waals surface area contributed by atoms with Crippen molar-refractivity contribution in [3.63, 3.8) is 0 Å². The fraction of sp³-hybridized carbons (Fsp3) is 0.308. The summed E-state index contributed by atoms with van der Waals surface area (Å²) >= 11 is 1.62. The predicted molar refractivity (Wildman–Crippen MR) is 69.2 cm³/mol. The molecule has 5 heteroatoms. The molecule has 0 aliphatic carbocycles. The van der Waals surface area contributed by atoms with Crippen molar-refractivity contribution in [3.8, 4) is 21.9 Å². The Morgan fingerprint density at radius 2 is 2.17 bits per heavy atom. The third-order valence-corrected chi connectivity index (χ3v) is 4.07. The molecule has 0 saturated carbocycles. The number of fused-ring (bicyclic) bond motifs is 1. The summed E-state index contributed by atoms with van der Waals surface area (Å²) in [6.45, 7) is 2.40. The van der Waals surface area contributed by atoms with E-state index in [1.54, 1.807) is 11.3 Å². The largest absolute Gasteiger partial charge is 0.454 e. The van der Waals surface area contributed by atoms with Crippen LogP contribution < -0.4 is 9.47 Å². The Balaban J connectivity index is 1.99. The van der Waals surface area contributed by atoms with Crippen LogP contribution in [-0.4, -0.2) is 23.5 Å². The minimum atomic E-state index is 0.132. The molecule has 4 nitrogen and oxygen atoms in total. The van der Waals surface area contributed by atoms with Gasteiger partial charge in [-0.25, -0.2) is 4.98 Å². The summed E-state index contributed by atoms with van der Waals surface area (Å²) in [5.74, 6) is 1.57. The number of nitrogens with zero attached hydrogens (tertiary/aromatic N) is 1. The number of thiazole rings is 1. The molecule has 1 aliphatic rings. The first-order chi connectivity index (χ1) is 8.78. The lowest BCUT2D eigenvalue weighted by Gasteiger charge is -2.00. The van der Waals surface area contributed by atoms with Crippen LogP contribution in [0.5, 0.6) is 11.5 Å². The van der Waals surface area contributed by atoms with Crippen LogP contribution in [0.25, 0.3) is 10.4 Å². The molecule has 0 saturated heterocycles. The van der Waals surface area contributed by atoms with Crippen molar-refractivity contribution >= 4 is 11.3 Å². The van der Waals surface area contributed by atoms with Crippen LogP contribution in [-0.2, 0) is 6.42 Å². The maximum Gasteiger partial charge on any atom is 0.231 e. The van der Waals surface area contributed by atoms with Crippen molar-refractivity contribution in [2.75, 3.05) is 13.4 Å². The maximum atomic E-state index is 8.95. The summed E-state index contributed by atoms with van der Waals surface area (Å²) in [5, 5.41) is 9.91. The van der Waals surface area contributed by atoms with Crippen molar-refractivity contribution in [3.05, 3.63) is 28.9 Å². The second-order valence-corrected chi connectivity index (χ2v) is 5.15. The van der Waals surface area contributed by atoms with Gasteiger partial charge in [-0.1, -0.05) is 0 Å². The number of hydrogen-bond acceptors (Lipinski definition) is 5. The minimum absolute atomic E-state index is 0.132. The number of aryl methyl sites for hydroxylation is 1. The van der Waals surface area contributed by atoms with Gasteiger partial charge in [0.1, 0.15) is 0 Å². The molecule has 2 aromatic rings. The molecule has 3 rings (SSSR count). The summed E-state index contributed by atoms with van der Waals surface area (Å²) < 4.78 is 10.7. The smallest absolute Gasteiger partial charge is 0.231 e. The lowest BCUT2D eigenvalue weighted by molar-refractivity contribution is 0.174. The Morgan fingerprint density at radius 1 is 1.33 bits per heavy atom. The number of benzene rings is 1. The van der Waals surface area contributed by atoms with Crippen LogP contribution in [0, 0.1) is 6.92 Å². The maximum absolute atomic E-state index is 8.95. The topological polar surface area (TPSA) is 51.6 Å². The van der Waals surface area contributed by atoms with Gasteiger partial charge in [-0.2, -0.15) is 0 Å². The highest BCUT2D eigenvalue weighted by molar-refractivity contribution is 7.15. The summed E-state index contributed by atoms with van der Waals surface area (Å²) in [6.07, 6.45) is 0.607. The van der Waals surface area contributed by atoms with Crippen LogP contribution in [0.3, 0.4) is 0 Å². The van der Waals surface area contributed by atoms with Crippen molar-refractivity contribution in [2.45, 2.75) is 13.3 Å². The van der Waals surface area contributed by atoms with Gasteiger partial charge < -0.3 is 14.6 Å². The first-order valence-electron chi connectivity index (χ1n) is 5.75. The molecule has 0 spiro atoms. The Hall–Kier alpha value is -1.59. The zero-order valence-corrected chi connectivity index (χ0v) is 10.8. The van der Waals surface area contributed by atoms with Crippen LogP contribution in [0.4, 0.5) is 0 Å². The number of rotatable bonds is 3. The Labute approximate surface area is 109 Å². The fourth-order valence-electron chi connectivity index (χ4n) is 1.96. The van der Waals surface area contributed by atoms with Crippen molar-refractivity contribution < 1.29 is 14.6 Å². The number of aliphatic hydroxyl groups excluding tert-OH is 1. The van der Waals surface area contributed by atoms with Gasteiger partial charge in [0.15, 0.2) is 11.5 Å². The van der Waals surface area contributed by atoms with Gasteiger partial charge in [-0.15, -0.1) is 11.3 Å². The normalized spacial score (nSPS) is 13.0. The number of aromatic nitrogens is 1. The van der Waals surface area contributed by atoms with Gasteiger partial charge in [0.05, 0.1) is 15.6 Å². The van der Waals surface area contributed by atoms with Crippen molar-refractivity contribution in [2.24, 2.45) is 0 Å². The van der Waals surface area contributed by atoms with E-state index in [4.69, 9.17) is 14.6 Å². The van der Waals surface area contributed by atoms with Crippen LogP contribution in [0.15, 0.2) is 18.2 Å². The van der Waals surface area contributed by atoms with E-state index in [1.165, 1.54) is 0 Å². The molecular weight excluding hydrogens is 250 g/mol. The fourth-order valence-corrected chi connectivity index (χ4v) is 3.01. The van der Waals surface area contributed by atoms with Crippen LogP contribution in [0.1, 0.15) is 10.7 Å². The van der Waals surface area contributed by atoms with E-state index in [0.717, 1.165) is 32.6 Å². The molecule has 0 bridgehead atoms. The SMILES string of the molecule is Cc1nc(CCO)sc1-c1ccc2c(c1)OCO2. The number of aliphatic hydroxyl groups is 1. The zero-order valence-electron chi connectivity index (χ0n) is 9.97. The van der Waals surface area contributed by atoms with E-state index in [9.17, 15) is 0 Å². The minimum Gasteiger partial charge on any atom is -0.454 e. The molecule has 1 aromatic heterocycles. The molecule has 0 fully saturated rings. The van der Waals surface area contributed by atoms with Gasteiger partial charge >= 0.3 is 0 Å². The quantitative estimate of drug-likeness (QED) is 0.923. The highest BCUT2D eigenvalue weighted by Gasteiger charge is 2.16. The number of ether oxygens (including phenoxy) is 2. The predicted octanol–water partition coefficient (Wildman–Crippen LogP) is 2.38. The molecule has 1 N–H and O–H groups in total. The third-order valence-electron chi connectivity index (χ3n) is 2.80. The van der Waals surface area contributed by atoms with E-state index in [1.807, 2.05) is 25.1 Å². The summed E-state index contributed by atoms with van der Waals surface area (Å²) in [4.78, 5) is 5.58. The Bertz CT molecular complexity index is 580. The zero-order chi connectivity index (χ0) is 12.5. The first kappa shape index (κ1) is 11.5. The Kier molecular flexibility index (Phi) is 2.93. The second kappa shape index (κ2) is 4.59. The van der Waals surface area contributed by atoms with Gasteiger partial charge in [0.2, 0.25) is 6.79 Å². The van der Waals surface area contributed by atoms with Crippen LogP contribution in [0.2, 0.25) is 0 Å². The molecule has 0 amide bonds. The highest BCUT2D eigenvalue weighted by atomic mass is 32.1. The third kappa shape index (κ3) is 1.95. The van der Waals surface area contributed by atoms with E-state index in [0.29, 0.717) is 6.42 Å². The summed E-state index contributed by atoms with van der Waals surface area (Å²) in [7, 11) is 0. The van der Waals surface area contributed by atoms with Gasteiger partial charge in [0.25, 0.3) is 0 Å². The van der Waals surface area contributed by atoms with E-state index >= 15 is 0 Å². The molecule has 18 heavy (non-hydrogen) atoms. The molecule has 1 aromatic carbocycles. The molecular formula is C13H13NO3S. The molecule has 0 atom stereocenters. The van der Waals surface area contributed by atoms with E-state index < -0.39 is 0 Å². The molecule has 94 valence electrons.